The van der Waals surface area contributed by atoms with Gasteiger partial charge < -0.3 is 5.32 Å². The highest BCUT2D eigenvalue weighted by Gasteiger charge is 2.19. The van der Waals surface area contributed by atoms with E-state index in [2.05, 4.69) is 63.5 Å². The monoisotopic (exact) mass is 367 g/mol. The minimum Gasteiger partial charge on any atom is -0.314 e. The minimum absolute atomic E-state index is 0.792. The van der Waals surface area contributed by atoms with Crippen LogP contribution in [-0.2, 0) is 13.0 Å². The molecule has 0 saturated heterocycles. The number of rotatable bonds is 6. The Labute approximate surface area is 127 Å². The summed E-state index contributed by atoms with van der Waals surface area (Å²) < 4.78 is 3.19. The van der Waals surface area contributed by atoms with Crippen molar-refractivity contribution in [1.82, 2.24) is 15.1 Å². The molecule has 1 saturated carbocycles. The van der Waals surface area contributed by atoms with Crippen molar-refractivity contribution in [2.45, 2.75) is 31.8 Å². The average molecular weight is 367 g/mol. The van der Waals surface area contributed by atoms with E-state index in [1.54, 1.807) is 0 Å². The van der Waals surface area contributed by atoms with E-state index in [0.717, 1.165) is 25.6 Å². The van der Waals surface area contributed by atoms with Crippen molar-refractivity contribution in [3.8, 4) is 0 Å². The summed E-state index contributed by atoms with van der Waals surface area (Å²) in [4.78, 5) is 0. The van der Waals surface area contributed by atoms with Crippen molar-refractivity contribution in [2.24, 2.45) is 0 Å². The van der Waals surface area contributed by atoms with E-state index in [1.807, 2.05) is 10.9 Å². The van der Waals surface area contributed by atoms with Crippen molar-refractivity contribution in [2.75, 3.05) is 6.54 Å². The summed E-state index contributed by atoms with van der Waals surface area (Å²) >= 11 is 2.30. The lowest BCUT2D eigenvalue weighted by Gasteiger charge is -2.10. The third-order valence-corrected chi connectivity index (χ3v) is 4.01. The molecule has 0 atom stereocenters. The molecule has 1 aliphatic rings. The van der Waals surface area contributed by atoms with Gasteiger partial charge in [0.05, 0.1) is 16.3 Å². The summed E-state index contributed by atoms with van der Waals surface area (Å²) in [6, 6.07) is 9.48. The standard InChI is InChI=1S/C15H18IN3/c16-14-9-18-19(11-14)10-13-4-2-1-3-12(13)7-8-17-15-5-6-15/h1-4,9,11,15,17H,5-8,10H2. The highest BCUT2D eigenvalue weighted by molar-refractivity contribution is 14.1. The largest absolute Gasteiger partial charge is 0.314 e. The van der Waals surface area contributed by atoms with Gasteiger partial charge in [0, 0.05) is 12.2 Å². The third kappa shape index (κ3) is 3.79. The smallest absolute Gasteiger partial charge is 0.0662 e. The van der Waals surface area contributed by atoms with E-state index in [1.165, 1.54) is 27.5 Å². The number of nitrogens with zero attached hydrogens (tertiary/aromatic N) is 2. The molecule has 3 rings (SSSR count). The fraction of sp³-hybridized carbons (Fsp3) is 0.400. The molecule has 0 aliphatic heterocycles. The van der Waals surface area contributed by atoms with Gasteiger partial charge in [0.25, 0.3) is 0 Å². The van der Waals surface area contributed by atoms with Crippen molar-refractivity contribution in [3.05, 3.63) is 51.4 Å². The SMILES string of the molecule is Ic1cnn(Cc2ccccc2CCNC2CC2)c1. The maximum absolute atomic E-state index is 4.36. The van der Waals surface area contributed by atoms with Crippen molar-refractivity contribution in [1.29, 1.82) is 0 Å². The highest BCUT2D eigenvalue weighted by atomic mass is 127. The quantitative estimate of drug-likeness (QED) is 0.796. The van der Waals surface area contributed by atoms with Gasteiger partial charge in [0.1, 0.15) is 0 Å². The van der Waals surface area contributed by atoms with Crippen molar-refractivity contribution in [3.63, 3.8) is 0 Å². The Bertz CT molecular complexity index is 546. The molecule has 0 radical (unpaired) electrons. The molecule has 1 N–H and O–H groups in total. The van der Waals surface area contributed by atoms with E-state index >= 15 is 0 Å². The minimum atomic E-state index is 0.792. The summed E-state index contributed by atoms with van der Waals surface area (Å²) in [5.41, 5.74) is 2.81. The Morgan fingerprint density at radius 1 is 1.26 bits per heavy atom. The molecule has 1 aliphatic carbocycles. The predicted molar refractivity (Wildman–Crippen MR) is 85.2 cm³/mol. The highest BCUT2D eigenvalue weighted by Crippen LogP contribution is 2.19. The van der Waals surface area contributed by atoms with Gasteiger partial charge in [-0.15, -0.1) is 0 Å². The fourth-order valence-electron chi connectivity index (χ4n) is 2.25. The molecule has 4 heteroatoms. The molecule has 1 fully saturated rings. The normalized spacial score (nSPS) is 14.8. The Morgan fingerprint density at radius 3 is 2.74 bits per heavy atom. The van der Waals surface area contributed by atoms with Crippen molar-refractivity contribution < 1.29 is 0 Å². The van der Waals surface area contributed by atoms with Gasteiger partial charge in [-0.1, -0.05) is 24.3 Å². The van der Waals surface area contributed by atoms with Crippen LogP contribution in [0.15, 0.2) is 36.7 Å². The van der Waals surface area contributed by atoms with E-state index in [-0.39, 0.29) is 0 Å². The zero-order valence-corrected chi connectivity index (χ0v) is 13.0. The van der Waals surface area contributed by atoms with Gasteiger partial charge in [-0.05, 0) is 59.5 Å². The lowest BCUT2D eigenvalue weighted by atomic mass is 10.0. The first kappa shape index (κ1) is 13.1. The molecule has 19 heavy (non-hydrogen) atoms. The van der Waals surface area contributed by atoms with Crippen LogP contribution in [0, 0.1) is 3.57 Å². The van der Waals surface area contributed by atoms with Crippen LogP contribution in [0.2, 0.25) is 0 Å². The van der Waals surface area contributed by atoms with Gasteiger partial charge in [-0.25, -0.2) is 0 Å². The second-order valence-electron chi connectivity index (χ2n) is 5.10. The summed E-state index contributed by atoms with van der Waals surface area (Å²) in [7, 11) is 0. The van der Waals surface area contributed by atoms with Gasteiger partial charge >= 0.3 is 0 Å². The third-order valence-electron chi connectivity index (χ3n) is 3.46. The maximum Gasteiger partial charge on any atom is 0.0662 e. The molecule has 1 aromatic carbocycles. The second-order valence-corrected chi connectivity index (χ2v) is 6.35. The molecule has 100 valence electrons. The average Bonchev–Trinajstić information content (AvgIpc) is 3.14. The zero-order valence-electron chi connectivity index (χ0n) is 10.8. The number of halogens is 1. The van der Waals surface area contributed by atoms with E-state index in [9.17, 15) is 0 Å². The lowest BCUT2D eigenvalue weighted by molar-refractivity contribution is 0.659. The predicted octanol–water partition coefficient (Wildman–Crippen LogP) is 2.83. The summed E-state index contributed by atoms with van der Waals surface area (Å²) in [5, 5.41) is 7.94. The molecular formula is C15H18IN3. The summed E-state index contributed by atoms with van der Waals surface area (Å²) in [6.07, 6.45) is 7.80. The zero-order chi connectivity index (χ0) is 13.1. The fourth-order valence-corrected chi connectivity index (χ4v) is 2.70. The van der Waals surface area contributed by atoms with Crippen LogP contribution in [0.25, 0.3) is 0 Å². The Balaban J connectivity index is 1.65. The number of hydrogen-bond donors (Lipinski definition) is 1. The van der Waals surface area contributed by atoms with Crippen LogP contribution in [0.4, 0.5) is 0 Å². The van der Waals surface area contributed by atoms with Crippen LogP contribution in [0.5, 0.6) is 0 Å². The maximum atomic E-state index is 4.36. The molecular weight excluding hydrogens is 349 g/mol. The summed E-state index contributed by atoms with van der Waals surface area (Å²) in [5.74, 6) is 0. The number of hydrogen-bond acceptors (Lipinski definition) is 2. The van der Waals surface area contributed by atoms with Gasteiger partial charge in [-0.2, -0.15) is 5.10 Å². The molecule has 0 spiro atoms. The number of aromatic nitrogens is 2. The van der Waals surface area contributed by atoms with Crippen LogP contribution in [0.1, 0.15) is 24.0 Å². The van der Waals surface area contributed by atoms with Gasteiger partial charge in [0.15, 0.2) is 0 Å². The molecule has 3 nitrogen and oxygen atoms in total. The Morgan fingerprint density at radius 2 is 2.05 bits per heavy atom. The van der Waals surface area contributed by atoms with E-state index in [0.29, 0.717) is 0 Å². The van der Waals surface area contributed by atoms with Crippen LogP contribution < -0.4 is 5.32 Å². The number of benzene rings is 1. The van der Waals surface area contributed by atoms with E-state index < -0.39 is 0 Å². The first-order valence-electron chi connectivity index (χ1n) is 6.79. The topological polar surface area (TPSA) is 29.9 Å². The summed E-state index contributed by atoms with van der Waals surface area (Å²) in [6.45, 7) is 1.95. The van der Waals surface area contributed by atoms with Crippen LogP contribution in [0.3, 0.4) is 0 Å². The first-order valence-corrected chi connectivity index (χ1v) is 7.87. The van der Waals surface area contributed by atoms with Crippen LogP contribution >= 0.6 is 22.6 Å². The molecule has 0 unspecified atom stereocenters. The molecule has 0 amide bonds. The number of nitrogens with one attached hydrogen (secondary N) is 1. The van der Waals surface area contributed by atoms with Gasteiger partial charge in [0.2, 0.25) is 0 Å². The second kappa shape index (κ2) is 6.05. The first-order chi connectivity index (χ1) is 9.31. The molecule has 0 bridgehead atoms. The molecule has 1 heterocycles. The Kier molecular flexibility index (Phi) is 4.18. The molecule has 1 aromatic heterocycles. The van der Waals surface area contributed by atoms with Crippen LogP contribution in [-0.4, -0.2) is 22.4 Å². The van der Waals surface area contributed by atoms with Crippen molar-refractivity contribution >= 4 is 22.6 Å². The Hall–Kier alpha value is -0.880. The lowest BCUT2D eigenvalue weighted by Crippen LogP contribution is -2.20. The molecule has 2 aromatic rings. The van der Waals surface area contributed by atoms with Gasteiger partial charge in [-0.3, -0.25) is 4.68 Å². The van der Waals surface area contributed by atoms with E-state index in [4.69, 9.17) is 0 Å².